The maximum Gasteiger partial charge on any atom is 0.255 e. The average molecular weight is 222 g/mol. The predicted octanol–water partition coefficient (Wildman–Crippen LogP) is 0.508. The quantitative estimate of drug-likeness (QED) is 0.683. The van der Waals surface area contributed by atoms with Gasteiger partial charge in [0.15, 0.2) is 0 Å². The molecule has 16 heavy (non-hydrogen) atoms. The molecule has 1 fully saturated rings. The number of carbonyl (C=O) groups is 1. The van der Waals surface area contributed by atoms with Crippen LogP contribution in [0.4, 0.5) is 0 Å². The lowest BCUT2D eigenvalue weighted by molar-refractivity contribution is 0.0929. The Morgan fingerprint density at radius 1 is 1.50 bits per heavy atom. The van der Waals surface area contributed by atoms with Crippen LogP contribution in [-0.4, -0.2) is 35.2 Å². The Hall–Kier alpha value is -1.36. The highest BCUT2D eigenvalue weighted by molar-refractivity contribution is 5.96. The second kappa shape index (κ2) is 4.65. The van der Waals surface area contributed by atoms with Gasteiger partial charge in [-0.15, -0.1) is 0 Å². The number of carbonyl (C=O) groups excluding carboxylic acids is 1. The molecule has 1 atom stereocenters. The number of nitrogens with zero attached hydrogens (tertiary/aromatic N) is 1. The summed E-state index contributed by atoms with van der Waals surface area (Å²) in [4.78, 5) is 12.0. The van der Waals surface area contributed by atoms with E-state index in [0.717, 1.165) is 37.3 Å². The predicted molar refractivity (Wildman–Crippen MR) is 61.4 cm³/mol. The van der Waals surface area contributed by atoms with E-state index in [0.29, 0.717) is 5.56 Å². The number of hydrogen-bond donors (Lipinski definition) is 3. The van der Waals surface area contributed by atoms with Crippen LogP contribution < -0.4 is 10.6 Å². The third-order valence-electron chi connectivity index (χ3n) is 2.99. The molecule has 0 aromatic carbocycles. The number of aryl methyl sites for hydroxylation is 2. The number of hydrogen-bond acceptors (Lipinski definition) is 3. The van der Waals surface area contributed by atoms with E-state index in [-0.39, 0.29) is 11.9 Å². The molecular formula is C11H18N4O. The minimum atomic E-state index is -0.0162. The Balaban J connectivity index is 2.02. The summed E-state index contributed by atoms with van der Waals surface area (Å²) in [6.07, 6.45) is 2.17. The molecule has 1 aromatic rings. The summed E-state index contributed by atoms with van der Waals surface area (Å²) < 4.78 is 0. The van der Waals surface area contributed by atoms with E-state index in [1.807, 2.05) is 13.8 Å². The fourth-order valence-electron chi connectivity index (χ4n) is 2.12. The fraction of sp³-hybridized carbons (Fsp3) is 0.636. The molecule has 5 nitrogen and oxygen atoms in total. The number of nitrogens with one attached hydrogen (secondary N) is 3. The fourth-order valence-corrected chi connectivity index (χ4v) is 2.12. The van der Waals surface area contributed by atoms with Gasteiger partial charge >= 0.3 is 0 Å². The van der Waals surface area contributed by atoms with Crippen molar-refractivity contribution in [3.8, 4) is 0 Å². The van der Waals surface area contributed by atoms with Crippen LogP contribution in [-0.2, 0) is 0 Å². The third kappa shape index (κ3) is 2.24. The standard InChI is InChI=1S/C11H18N4O/c1-7-10(8(2)15-14-7)11(16)13-9-4-3-5-12-6-9/h9,12H,3-6H2,1-2H3,(H,13,16)(H,14,15)/t9-/m1/s1. The van der Waals surface area contributed by atoms with Gasteiger partial charge in [0.05, 0.1) is 11.3 Å². The summed E-state index contributed by atoms with van der Waals surface area (Å²) >= 11 is 0. The van der Waals surface area contributed by atoms with Gasteiger partial charge in [-0.3, -0.25) is 9.89 Å². The van der Waals surface area contributed by atoms with Crippen LogP contribution in [0.15, 0.2) is 0 Å². The maximum atomic E-state index is 12.0. The summed E-state index contributed by atoms with van der Waals surface area (Å²) in [5.74, 6) is -0.0162. The molecule has 0 saturated carbocycles. The Bertz CT molecular complexity index is 360. The smallest absolute Gasteiger partial charge is 0.255 e. The first-order valence-electron chi connectivity index (χ1n) is 5.71. The van der Waals surface area contributed by atoms with Crippen molar-refractivity contribution in [1.82, 2.24) is 20.8 Å². The molecule has 0 radical (unpaired) electrons. The van der Waals surface area contributed by atoms with Gasteiger partial charge < -0.3 is 10.6 Å². The molecule has 2 heterocycles. The van der Waals surface area contributed by atoms with Crippen LogP contribution in [0.3, 0.4) is 0 Å². The molecule has 1 aromatic heterocycles. The van der Waals surface area contributed by atoms with E-state index in [2.05, 4.69) is 20.8 Å². The van der Waals surface area contributed by atoms with Gasteiger partial charge in [0.25, 0.3) is 5.91 Å². The highest BCUT2D eigenvalue weighted by Gasteiger charge is 2.20. The molecule has 1 aliphatic rings. The van der Waals surface area contributed by atoms with Gasteiger partial charge in [-0.1, -0.05) is 0 Å². The Kier molecular flexibility index (Phi) is 3.24. The van der Waals surface area contributed by atoms with E-state index >= 15 is 0 Å². The Morgan fingerprint density at radius 3 is 2.88 bits per heavy atom. The van der Waals surface area contributed by atoms with E-state index < -0.39 is 0 Å². The molecule has 0 unspecified atom stereocenters. The van der Waals surface area contributed by atoms with Crippen molar-refractivity contribution in [3.05, 3.63) is 17.0 Å². The molecule has 5 heteroatoms. The van der Waals surface area contributed by atoms with Crippen molar-refractivity contribution in [2.75, 3.05) is 13.1 Å². The topological polar surface area (TPSA) is 69.8 Å². The summed E-state index contributed by atoms with van der Waals surface area (Å²) in [6, 6.07) is 0.245. The van der Waals surface area contributed by atoms with Crippen molar-refractivity contribution < 1.29 is 4.79 Å². The maximum absolute atomic E-state index is 12.0. The summed E-state index contributed by atoms with van der Waals surface area (Å²) in [5, 5.41) is 13.2. The van der Waals surface area contributed by atoms with Crippen LogP contribution in [0.2, 0.25) is 0 Å². The van der Waals surface area contributed by atoms with Crippen LogP contribution in [0, 0.1) is 13.8 Å². The van der Waals surface area contributed by atoms with Crippen molar-refractivity contribution in [1.29, 1.82) is 0 Å². The Morgan fingerprint density at radius 2 is 2.31 bits per heavy atom. The molecule has 1 saturated heterocycles. The number of rotatable bonds is 2. The number of piperidine rings is 1. The lowest BCUT2D eigenvalue weighted by atomic mass is 10.1. The van der Waals surface area contributed by atoms with Crippen LogP contribution in [0.5, 0.6) is 0 Å². The first kappa shape index (κ1) is 11.1. The SMILES string of the molecule is Cc1n[nH]c(C)c1C(=O)N[C@@H]1CCCNC1. The highest BCUT2D eigenvalue weighted by Crippen LogP contribution is 2.10. The highest BCUT2D eigenvalue weighted by atomic mass is 16.1. The zero-order chi connectivity index (χ0) is 11.5. The average Bonchev–Trinajstić information content (AvgIpc) is 2.60. The zero-order valence-electron chi connectivity index (χ0n) is 9.76. The Labute approximate surface area is 95.0 Å². The van der Waals surface area contributed by atoms with Gasteiger partial charge in [0, 0.05) is 18.3 Å². The lowest BCUT2D eigenvalue weighted by Gasteiger charge is -2.23. The van der Waals surface area contributed by atoms with Gasteiger partial charge in [-0.05, 0) is 33.2 Å². The monoisotopic (exact) mass is 222 g/mol. The molecule has 0 aliphatic carbocycles. The number of aromatic amines is 1. The number of aromatic nitrogens is 2. The normalized spacial score (nSPS) is 20.8. The van der Waals surface area contributed by atoms with Crippen molar-refractivity contribution in [3.63, 3.8) is 0 Å². The van der Waals surface area contributed by atoms with Crippen LogP contribution in [0.1, 0.15) is 34.6 Å². The first-order valence-corrected chi connectivity index (χ1v) is 5.71. The summed E-state index contributed by atoms with van der Waals surface area (Å²) in [7, 11) is 0. The van der Waals surface area contributed by atoms with Gasteiger partial charge in [-0.25, -0.2) is 0 Å². The minimum absolute atomic E-state index is 0.0162. The van der Waals surface area contributed by atoms with Gasteiger partial charge in [0.2, 0.25) is 0 Å². The summed E-state index contributed by atoms with van der Waals surface area (Å²) in [6.45, 7) is 5.63. The van der Waals surface area contributed by atoms with Crippen molar-refractivity contribution in [2.45, 2.75) is 32.7 Å². The molecule has 0 bridgehead atoms. The second-order valence-corrected chi connectivity index (χ2v) is 4.33. The molecule has 2 rings (SSSR count). The van der Waals surface area contributed by atoms with Crippen molar-refractivity contribution in [2.24, 2.45) is 0 Å². The molecule has 1 aliphatic heterocycles. The van der Waals surface area contributed by atoms with E-state index in [1.165, 1.54) is 0 Å². The molecule has 3 N–H and O–H groups in total. The molecule has 1 amide bonds. The van der Waals surface area contributed by atoms with Gasteiger partial charge in [0.1, 0.15) is 0 Å². The third-order valence-corrected chi connectivity index (χ3v) is 2.99. The van der Waals surface area contributed by atoms with E-state index in [4.69, 9.17) is 0 Å². The largest absolute Gasteiger partial charge is 0.348 e. The van der Waals surface area contributed by atoms with E-state index in [1.54, 1.807) is 0 Å². The number of H-pyrrole nitrogens is 1. The zero-order valence-corrected chi connectivity index (χ0v) is 9.76. The second-order valence-electron chi connectivity index (χ2n) is 4.33. The molecular weight excluding hydrogens is 204 g/mol. The van der Waals surface area contributed by atoms with Gasteiger partial charge in [-0.2, -0.15) is 5.10 Å². The van der Waals surface area contributed by atoms with Crippen LogP contribution >= 0.6 is 0 Å². The molecule has 0 spiro atoms. The summed E-state index contributed by atoms with van der Waals surface area (Å²) in [5.41, 5.74) is 2.28. The number of amides is 1. The first-order chi connectivity index (χ1) is 7.68. The lowest BCUT2D eigenvalue weighted by Crippen LogP contribution is -2.45. The van der Waals surface area contributed by atoms with E-state index in [9.17, 15) is 4.79 Å². The van der Waals surface area contributed by atoms with Crippen LogP contribution in [0.25, 0.3) is 0 Å². The minimum Gasteiger partial charge on any atom is -0.348 e. The van der Waals surface area contributed by atoms with Crippen molar-refractivity contribution >= 4 is 5.91 Å². The molecule has 88 valence electrons.